The van der Waals surface area contributed by atoms with Gasteiger partial charge in [-0.2, -0.15) is 0 Å². The number of carbonyl (C=O) groups excluding carboxylic acids is 1. The summed E-state index contributed by atoms with van der Waals surface area (Å²) in [7, 11) is 0. The van der Waals surface area contributed by atoms with E-state index in [9.17, 15) is 14.9 Å². The maximum atomic E-state index is 12.3. The number of amides is 1. The Hall–Kier alpha value is -1.86. The first-order valence-corrected chi connectivity index (χ1v) is 8.34. The monoisotopic (exact) mass is 380 g/mol. The number of aryl methyl sites for hydroxylation is 1. The number of nitrogens with zero attached hydrogens (tertiary/aromatic N) is 1. The Morgan fingerprint density at radius 3 is 2.59 bits per heavy atom. The topological polar surface area (TPSA) is 72.2 Å². The Balaban J connectivity index is 2.30. The predicted octanol–water partition coefficient (Wildman–Crippen LogP) is 4.64. The molecule has 0 radical (unpaired) electrons. The number of anilines is 1. The number of halogens is 1. The highest BCUT2D eigenvalue weighted by Crippen LogP contribution is 2.29. The summed E-state index contributed by atoms with van der Waals surface area (Å²) in [5.41, 5.74) is 1.86. The van der Waals surface area contributed by atoms with Gasteiger partial charge in [-0.05, 0) is 58.9 Å². The van der Waals surface area contributed by atoms with Gasteiger partial charge in [-0.15, -0.1) is 11.8 Å². The first kappa shape index (κ1) is 16.5. The lowest BCUT2D eigenvalue weighted by Gasteiger charge is -2.09. The summed E-state index contributed by atoms with van der Waals surface area (Å²) in [6.45, 7) is 1.95. The maximum Gasteiger partial charge on any atom is 0.283 e. The second-order valence-electron chi connectivity index (χ2n) is 4.58. The van der Waals surface area contributed by atoms with Crippen LogP contribution in [-0.2, 0) is 0 Å². The van der Waals surface area contributed by atoms with Crippen molar-refractivity contribution >= 4 is 45.0 Å². The van der Waals surface area contributed by atoms with Gasteiger partial charge in [0.2, 0.25) is 0 Å². The Bertz CT molecular complexity index is 750. The van der Waals surface area contributed by atoms with E-state index in [1.54, 1.807) is 24.5 Å². The van der Waals surface area contributed by atoms with E-state index in [-0.39, 0.29) is 17.2 Å². The SMILES string of the molecule is CSc1ccc(C(=O)Nc2ccc(C)cc2Br)cc1[N+](=O)[O-]. The van der Waals surface area contributed by atoms with Gasteiger partial charge in [-0.3, -0.25) is 14.9 Å². The van der Waals surface area contributed by atoms with Gasteiger partial charge in [-0.1, -0.05) is 6.07 Å². The number of carbonyl (C=O) groups is 1. The van der Waals surface area contributed by atoms with Crippen LogP contribution in [0.5, 0.6) is 0 Å². The molecule has 0 aliphatic heterocycles. The van der Waals surface area contributed by atoms with Crippen LogP contribution in [0.3, 0.4) is 0 Å². The summed E-state index contributed by atoms with van der Waals surface area (Å²) >= 11 is 4.65. The van der Waals surface area contributed by atoms with E-state index < -0.39 is 4.92 Å². The average Bonchev–Trinajstić information content (AvgIpc) is 2.49. The molecule has 0 saturated carbocycles. The summed E-state index contributed by atoms with van der Waals surface area (Å²) in [5, 5.41) is 13.8. The minimum atomic E-state index is -0.482. The van der Waals surface area contributed by atoms with Gasteiger partial charge in [0.1, 0.15) is 0 Å². The number of nitrogens with one attached hydrogen (secondary N) is 1. The third-order valence-electron chi connectivity index (χ3n) is 3.01. The first-order chi connectivity index (χ1) is 10.4. The van der Waals surface area contributed by atoms with E-state index in [0.29, 0.717) is 10.6 Å². The van der Waals surface area contributed by atoms with Gasteiger partial charge in [0.05, 0.1) is 15.5 Å². The molecule has 0 fully saturated rings. The number of rotatable bonds is 4. The maximum absolute atomic E-state index is 12.3. The van der Waals surface area contributed by atoms with Crippen LogP contribution in [0.4, 0.5) is 11.4 Å². The number of hydrogen-bond acceptors (Lipinski definition) is 4. The van der Waals surface area contributed by atoms with Crippen molar-refractivity contribution in [2.75, 3.05) is 11.6 Å². The molecule has 0 heterocycles. The average molecular weight is 381 g/mol. The van der Waals surface area contributed by atoms with Crippen LogP contribution in [0, 0.1) is 17.0 Å². The lowest BCUT2D eigenvalue weighted by atomic mass is 10.1. The van der Waals surface area contributed by atoms with E-state index in [4.69, 9.17) is 0 Å². The van der Waals surface area contributed by atoms with Gasteiger partial charge in [-0.25, -0.2) is 0 Å². The Morgan fingerprint density at radius 2 is 2.00 bits per heavy atom. The number of nitro groups is 1. The molecule has 7 heteroatoms. The zero-order valence-corrected chi connectivity index (χ0v) is 14.3. The number of thioether (sulfide) groups is 1. The fourth-order valence-corrected chi connectivity index (χ4v) is 3.03. The first-order valence-electron chi connectivity index (χ1n) is 6.32. The highest BCUT2D eigenvalue weighted by molar-refractivity contribution is 9.10. The Labute approximate surface area is 140 Å². The Morgan fingerprint density at radius 1 is 1.27 bits per heavy atom. The van der Waals surface area contributed by atoms with Crippen molar-refractivity contribution in [3.8, 4) is 0 Å². The predicted molar refractivity (Wildman–Crippen MR) is 91.7 cm³/mol. The zero-order valence-electron chi connectivity index (χ0n) is 11.9. The molecule has 0 aliphatic rings. The van der Waals surface area contributed by atoms with Crippen LogP contribution in [0.15, 0.2) is 45.8 Å². The number of nitro benzene ring substituents is 1. The van der Waals surface area contributed by atoms with Gasteiger partial charge in [0.15, 0.2) is 0 Å². The third-order valence-corrected chi connectivity index (χ3v) is 4.45. The van der Waals surface area contributed by atoms with E-state index in [2.05, 4.69) is 21.2 Å². The van der Waals surface area contributed by atoms with E-state index >= 15 is 0 Å². The largest absolute Gasteiger partial charge is 0.321 e. The summed E-state index contributed by atoms with van der Waals surface area (Å²) in [5.74, 6) is -0.389. The van der Waals surface area contributed by atoms with Crippen LogP contribution < -0.4 is 5.32 Å². The second-order valence-corrected chi connectivity index (χ2v) is 6.28. The molecule has 1 amide bonds. The molecule has 114 valence electrons. The summed E-state index contributed by atoms with van der Waals surface area (Å²) in [4.78, 5) is 23.4. The normalized spacial score (nSPS) is 10.3. The van der Waals surface area contributed by atoms with E-state index in [1.165, 1.54) is 17.8 Å². The second kappa shape index (κ2) is 6.93. The molecule has 0 bridgehead atoms. The standard InChI is InChI=1S/C15H13BrN2O3S/c1-9-3-5-12(11(16)7-9)17-15(19)10-4-6-14(22-2)13(8-10)18(20)21/h3-8H,1-2H3,(H,17,19). The van der Waals surface area contributed by atoms with Crippen molar-refractivity contribution in [1.82, 2.24) is 0 Å². The van der Waals surface area contributed by atoms with E-state index in [1.807, 2.05) is 19.1 Å². The summed E-state index contributed by atoms with van der Waals surface area (Å²) in [6, 6.07) is 10.00. The molecule has 1 N–H and O–H groups in total. The van der Waals surface area contributed by atoms with Crippen molar-refractivity contribution in [3.63, 3.8) is 0 Å². The number of hydrogen-bond donors (Lipinski definition) is 1. The minimum Gasteiger partial charge on any atom is -0.321 e. The number of benzene rings is 2. The Kier molecular flexibility index (Phi) is 5.20. The fraction of sp³-hybridized carbons (Fsp3) is 0.133. The molecule has 0 atom stereocenters. The molecule has 2 aromatic rings. The van der Waals surface area contributed by atoms with Crippen LogP contribution in [0.2, 0.25) is 0 Å². The molecule has 22 heavy (non-hydrogen) atoms. The minimum absolute atomic E-state index is 0.0666. The third kappa shape index (κ3) is 3.66. The van der Waals surface area contributed by atoms with Gasteiger partial charge in [0.25, 0.3) is 11.6 Å². The van der Waals surface area contributed by atoms with Crippen LogP contribution >= 0.6 is 27.7 Å². The van der Waals surface area contributed by atoms with Crippen molar-refractivity contribution in [2.24, 2.45) is 0 Å². The molecule has 0 spiro atoms. The molecule has 2 rings (SSSR count). The highest BCUT2D eigenvalue weighted by Gasteiger charge is 2.17. The molecule has 0 unspecified atom stereocenters. The van der Waals surface area contributed by atoms with E-state index in [0.717, 1.165) is 10.0 Å². The van der Waals surface area contributed by atoms with Crippen LogP contribution in [-0.4, -0.2) is 17.1 Å². The molecule has 0 aliphatic carbocycles. The van der Waals surface area contributed by atoms with Gasteiger partial charge >= 0.3 is 0 Å². The van der Waals surface area contributed by atoms with Crippen molar-refractivity contribution < 1.29 is 9.72 Å². The van der Waals surface area contributed by atoms with Gasteiger partial charge in [0, 0.05) is 16.1 Å². The molecular weight excluding hydrogens is 368 g/mol. The highest BCUT2D eigenvalue weighted by atomic mass is 79.9. The summed E-state index contributed by atoms with van der Waals surface area (Å²) < 4.78 is 0.760. The van der Waals surface area contributed by atoms with Crippen LogP contribution in [0.25, 0.3) is 0 Å². The molecular formula is C15H13BrN2O3S. The van der Waals surface area contributed by atoms with Crippen LogP contribution in [0.1, 0.15) is 15.9 Å². The van der Waals surface area contributed by atoms with Crippen molar-refractivity contribution in [2.45, 2.75) is 11.8 Å². The quantitative estimate of drug-likeness (QED) is 0.476. The zero-order chi connectivity index (χ0) is 16.3. The van der Waals surface area contributed by atoms with Gasteiger partial charge < -0.3 is 5.32 Å². The molecule has 0 aromatic heterocycles. The summed E-state index contributed by atoms with van der Waals surface area (Å²) in [6.07, 6.45) is 1.76. The molecule has 0 saturated heterocycles. The lowest BCUT2D eigenvalue weighted by Crippen LogP contribution is -2.12. The fourth-order valence-electron chi connectivity index (χ4n) is 1.89. The lowest BCUT2D eigenvalue weighted by molar-refractivity contribution is -0.387. The van der Waals surface area contributed by atoms with Crippen molar-refractivity contribution in [1.29, 1.82) is 0 Å². The molecule has 2 aromatic carbocycles. The molecule has 5 nitrogen and oxygen atoms in total. The van der Waals surface area contributed by atoms with Crippen molar-refractivity contribution in [3.05, 3.63) is 62.1 Å². The smallest absolute Gasteiger partial charge is 0.283 e.